The molecule has 9 heteroatoms. The summed E-state index contributed by atoms with van der Waals surface area (Å²) >= 11 is 0. The number of hydrogen-bond donors (Lipinski definition) is 2. The van der Waals surface area contributed by atoms with Gasteiger partial charge in [0.15, 0.2) is 5.69 Å². The van der Waals surface area contributed by atoms with Crippen LogP contribution in [0.4, 0.5) is 8.78 Å². The second-order valence-electron chi connectivity index (χ2n) is 6.65. The lowest BCUT2D eigenvalue weighted by Gasteiger charge is -2.32. The van der Waals surface area contributed by atoms with Crippen molar-refractivity contribution in [2.45, 2.75) is 31.8 Å². The Morgan fingerprint density at radius 3 is 2.85 bits per heavy atom. The van der Waals surface area contributed by atoms with Crippen LogP contribution in [0.3, 0.4) is 0 Å². The summed E-state index contributed by atoms with van der Waals surface area (Å²) in [5.41, 5.74) is 0.283. The third-order valence-corrected chi connectivity index (χ3v) is 4.66. The van der Waals surface area contributed by atoms with E-state index in [9.17, 15) is 13.6 Å². The molecule has 146 valence electrons. The zero-order valence-electron chi connectivity index (χ0n) is 14.9. The Kier molecular flexibility index (Phi) is 6.46. The first-order valence-corrected chi connectivity index (χ1v) is 9.04. The number of amides is 1. The average molecular weight is 379 g/mol. The van der Waals surface area contributed by atoms with Gasteiger partial charge < -0.3 is 10.4 Å². The summed E-state index contributed by atoms with van der Waals surface area (Å²) < 4.78 is 29.4. The number of aliphatic hydroxyl groups is 1. The first-order valence-electron chi connectivity index (χ1n) is 9.04. The first-order chi connectivity index (χ1) is 13.1. The predicted molar refractivity (Wildman–Crippen MR) is 94.0 cm³/mol. The van der Waals surface area contributed by atoms with E-state index in [2.05, 4.69) is 15.6 Å². The van der Waals surface area contributed by atoms with Gasteiger partial charge in [0.05, 0.1) is 12.2 Å². The number of aliphatic hydroxyl groups excluding tert-OH is 1. The van der Waals surface area contributed by atoms with Crippen LogP contribution in [-0.4, -0.2) is 57.1 Å². The van der Waals surface area contributed by atoms with Crippen LogP contribution < -0.4 is 5.32 Å². The molecule has 7 nitrogen and oxygen atoms in total. The molecule has 1 aromatic carbocycles. The van der Waals surface area contributed by atoms with E-state index >= 15 is 0 Å². The molecule has 1 aliphatic rings. The zero-order chi connectivity index (χ0) is 19.2. The maximum Gasteiger partial charge on any atom is 0.273 e. The Balaban J connectivity index is 1.62. The van der Waals surface area contributed by atoms with Gasteiger partial charge in [0.2, 0.25) is 0 Å². The molecule has 0 spiro atoms. The fourth-order valence-electron chi connectivity index (χ4n) is 3.23. The Bertz CT molecular complexity index is 763. The van der Waals surface area contributed by atoms with E-state index in [1.807, 2.05) is 4.90 Å². The van der Waals surface area contributed by atoms with Gasteiger partial charge in [-0.25, -0.2) is 13.5 Å². The minimum Gasteiger partial charge on any atom is -0.396 e. The number of nitrogens with one attached hydrogen (secondary N) is 1. The summed E-state index contributed by atoms with van der Waals surface area (Å²) in [6.07, 6.45) is 3.78. The summed E-state index contributed by atoms with van der Waals surface area (Å²) in [6.45, 7) is 1.88. The van der Waals surface area contributed by atoms with Crippen molar-refractivity contribution in [2.24, 2.45) is 0 Å². The zero-order valence-corrected chi connectivity index (χ0v) is 14.9. The average Bonchev–Trinajstić information content (AvgIpc) is 3.16. The number of carbonyl (C=O) groups is 1. The van der Waals surface area contributed by atoms with E-state index in [1.54, 1.807) is 10.9 Å². The number of aromatic nitrogens is 3. The summed E-state index contributed by atoms with van der Waals surface area (Å²) in [6, 6.07) is 3.87. The number of carbonyl (C=O) groups excluding carboxylic acids is 1. The third-order valence-electron chi connectivity index (χ3n) is 4.66. The molecular formula is C18H23F2N5O2. The van der Waals surface area contributed by atoms with Crippen LogP contribution in [0.25, 0.3) is 0 Å². The number of nitrogens with zero attached hydrogens (tertiary/aromatic N) is 4. The maximum absolute atomic E-state index is 13.9. The van der Waals surface area contributed by atoms with Gasteiger partial charge >= 0.3 is 0 Å². The molecule has 2 N–H and O–H groups in total. The second-order valence-corrected chi connectivity index (χ2v) is 6.65. The van der Waals surface area contributed by atoms with Crippen LogP contribution >= 0.6 is 0 Å². The van der Waals surface area contributed by atoms with E-state index in [-0.39, 0.29) is 36.4 Å². The fraction of sp³-hybridized carbons (Fsp3) is 0.500. The van der Waals surface area contributed by atoms with Gasteiger partial charge in [-0.3, -0.25) is 9.69 Å². The molecular weight excluding hydrogens is 356 g/mol. The lowest BCUT2D eigenvalue weighted by molar-refractivity contribution is 0.0946. The van der Waals surface area contributed by atoms with Gasteiger partial charge in [-0.1, -0.05) is 11.3 Å². The highest BCUT2D eigenvalue weighted by molar-refractivity contribution is 5.91. The Morgan fingerprint density at radius 2 is 2.11 bits per heavy atom. The van der Waals surface area contributed by atoms with Crippen LogP contribution in [-0.2, 0) is 6.54 Å². The summed E-state index contributed by atoms with van der Waals surface area (Å²) in [4.78, 5) is 14.0. The van der Waals surface area contributed by atoms with Crippen molar-refractivity contribution in [3.8, 4) is 0 Å². The molecule has 1 fully saturated rings. The molecule has 0 radical (unpaired) electrons. The first kappa shape index (κ1) is 19.4. The molecule has 0 bridgehead atoms. The number of likely N-dealkylation sites (tertiary alicyclic amines) is 1. The molecule has 0 saturated carbocycles. The fourth-order valence-corrected chi connectivity index (χ4v) is 3.23. The number of benzene rings is 1. The smallest absolute Gasteiger partial charge is 0.273 e. The van der Waals surface area contributed by atoms with Crippen molar-refractivity contribution in [2.75, 3.05) is 26.2 Å². The Morgan fingerprint density at radius 1 is 1.33 bits per heavy atom. The Hall–Kier alpha value is -2.39. The highest BCUT2D eigenvalue weighted by Gasteiger charge is 2.25. The molecule has 2 heterocycles. The molecule has 3 rings (SSSR count). The Labute approximate surface area is 156 Å². The molecule has 2 aromatic rings. The topological polar surface area (TPSA) is 83.3 Å². The normalized spacial score (nSPS) is 17.8. The molecule has 1 aliphatic heterocycles. The lowest BCUT2D eigenvalue weighted by atomic mass is 10.0. The van der Waals surface area contributed by atoms with E-state index in [0.717, 1.165) is 19.4 Å². The van der Waals surface area contributed by atoms with Crippen LogP contribution in [0.15, 0.2) is 24.4 Å². The molecule has 27 heavy (non-hydrogen) atoms. The van der Waals surface area contributed by atoms with Gasteiger partial charge in [0.1, 0.15) is 11.6 Å². The second kappa shape index (κ2) is 9.01. The number of halogens is 2. The van der Waals surface area contributed by atoms with Gasteiger partial charge in [-0.05, 0) is 37.9 Å². The van der Waals surface area contributed by atoms with Crippen molar-refractivity contribution in [1.82, 2.24) is 25.2 Å². The highest BCUT2D eigenvalue weighted by Crippen LogP contribution is 2.24. The maximum atomic E-state index is 13.9. The van der Waals surface area contributed by atoms with Crippen molar-refractivity contribution in [3.05, 3.63) is 47.3 Å². The van der Waals surface area contributed by atoms with E-state index in [4.69, 9.17) is 5.11 Å². The van der Waals surface area contributed by atoms with Crippen molar-refractivity contribution in [3.63, 3.8) is 0 Å². The molecule has 1 amide bonds. The SMILES string of the molecule is O=C(NCCCO)c1cn(C2CCCN(Cc3c(F)cccc3F)C2)nn1. The molecule has 1 aromatic heterocycles. The van der Waals surface area contributed by atoms with Gasteiger partial charge in [-0.2, -0.15) is 0 Å². The van der Waals surface area contributed by atoms with E-state index in [0.29, 0.717) is 19.5 Å². The van der Waals surface area contributed by atoms with Gasteiger partial charge in [0, 0.05) is 31.8 Å². The minimum atomic E-state index is -0.542. The van der Waals surface area contributed by atoms with Crippen molar-refractivity contribution < 1.29 is 18.7 Å². The van der Waals surface area contributed by atoms with Crippen LogP contribution in [0, 0.1) is 11.6 Å². The number of piperidine rings is 1. The van der Waals surface area contributed by atoms with Crippen molar-refractivity contribution in [1.29, 1.82) is 0 Å². The largest absolute Gasteiger partial charge is 0.396 e. The summed E-state index contributed by atoms with van der Waals surface area (Å²) in [5, 5.41) is 19.4. The van der Waals surface area contributed by atoms with Crippen LogP contribution in [0.2, 0.25) is 0 Å². The van der Waals surface area contributed by atoms with Crippen molar-refractivity contribution >= 4 is 5.91 Å². The van der Waals surface area contributed by atoms with E-state index < -0.39 is 11.6 Å². The predicted octanol–water partition coefficient (Wildman–Crippen LogP) is 1.51. The quantitative estimate of drug-likeness (QED) is 0.713. The van der Waals surface area contributed by atoms with Gasteiger partial charge in [-0.15, -0.1) is 5.10 Å². The lowest BCUT2D eigenvalue weighted by Crippen LogP contribution is -2.36. The molecule has 0 aliphatic carbocycles. The molecule has 1 unspecified atom stereocenters. The highest BCUT2D eigenvalue weighted by atomic mass is 19.1. The third kappa shape index (κ3) is 4.86. The minimum absolute atomic E-state index is 0.00742. The van der Waals surface area contributed by atoms with E-state index in [1.165, 1.54) is 18.2 Å². The summed E-state index contributed by atoms with van der Waals surface area (Å²) in [7, 11) is 0. The standard InChI is InChI=1S/C18H23F2N5O2/c19-15-5-1-6-16(20)14(15)11-24-8-2-4-13(10-24)25-12-17(22-23-25)18(27)21-7-3-9-26/h1,5-6,12-13,26H,2-4,7-11H2,(H,21,27). The van der Waals surface area contributed by atoms with Gasteiger partial charge in [0.25, 0.3) is 5.91 Å². The molecule has 1 saturated heterocycles. The van der Waals surface area contributed by atoms with Crippen LogP contribution in [0.1, 0.15) is 41.4 Å². The number of rotatable bonds is 7. The monoisotopic (exact) mass is 379 g/mol. The molecule has 1 atom stereocenters. The number of hydrogen-bond acceptors (Lipinski definition) is 5. The van der Waals surface area contributed by atoms with Crippen LogP contribution in [0.5, 0.6) is 0 Å². The summed E-state index contributed by atoms with van der Waals surface area (Å²) in [5.74, 6) is -1.42.